The van der Waals surface area contributed by atoms with Crippen molar-refractivity contribution in [2.75, 3.05) is 32.7 Å². The number of nitrogens with two attached hydrogens (primary N) is 1. The Kier molecular flexibility index (Phi) is 4.71. The first-order valence-corrected chi connectivity index (χ1v) is 8.07. The van der Waals surface area contributed by atoms with Gasteiger partial charge in [-0.2, -0.15) is 0 Å². The number of hydrogen-bond acceptors (Lipinski definition) is 3. The lowest BCUT2D eigenvalue weighted by Gasteiger charge is -2.25. The Morgan fingerprint density at radius 2 is 1.85 bits per heavy atom. The zero-order chi connectivity index (χ0) is 13.8. The van der Waals surface area contributed by atoms with Gasteiger partial charge in [-0.3, -0.25) is 4.90 Å². The predicted molar refractivity (Wildman–Crippen MR) is 83.8 cm³/mol. The van der Waals surface area contributed by atoms with E-state index < -0.39 is 0 Å². The van der Waals surface area contributed by atoms with E-state index in [1.54, 1.807) is 0 Å². The van der Waals surface area contributed by atoms with Crippen molar-refractivity contribution in [3.05, 3.63) is 35.9 Å². The van der Waals surface area contributed by atoms with Crippen molar-refractivity contribution >= 4 is 0 Å². The molecule has 2 N–H and O–H groups in total. The molecule has 20 heavy (non-hydrogen) atoms. The van der Waals surface area contributed by atoms with Crippen LogP contribution >= 0.6 is 0 Å². The molecule has 3 rings (SSSR count). The van der Waals surface area contributed by atoms with Gasteiger partial charge in [-0.1, -0.05) is 30.3 Å². The fourth-order valence-electron chi connectivity index (χ4n) is 3.70. The fourth-order valence-corrected chi connectivity index (χ4v) is 3.70. The molecule has 0 aliphatic carbocycles. The van der Waals surface area contributed by atoms with Gasteiger partial charge >= 0.3 is 0 Å². The highest BCUT2D eigenvalue weighted by Gasteiger charge is 2.29. The molecule has 2 atom stereocenters. The minimum atomic E-state index is 0.259. The number of likely N-dealkylation sites (tertiary alicyclic amines) is 2. The Morgan fingerprint density at radius 3 is 2.60 bits per heavy atom. The summed E-state index contributed by atoms with van der Waals surface area (Å²) in [5.74, 6) is 0. The van der Waals surface area contributed by atoms with Gasteiger partial charge in [-0.25, -0.2) is 0 Å². The first kappa shape index (κ1) is 14.1. The van der Waals surface area contributed by atoms with Gasteiger partial charge in [0.05, 0.1) is 0 Å². The van der Waals surface area contributed by atoms with Gasteiger partial charge < -0.3 is 10.6 Å². The van der Waals surface area contributed by atoms with Gasteiger partial charge in [-0.05, 0) is 50.9 Å². The monoisotopic (exact) mass is 273 g/mol. The molecule has 110 valence electrons. The molecule has 2 saturated heterocycles. The van der Waals surface area contributed by atoms with Crippen molar-refractivity contribution in [3.63, 3.8) is 0 Å². The van der Waals surface area contributed by atoms with Crippen LogP contribution in [-0.2, 0) is 6.42 Å². The summed E-state index contributed by atoms with van der Waals surface area (Å²) < 4.78 is 0. The van der Waals surface area contributed by atoms with Gasteiger partial charge in [0, 0.05) is 25.2 Å². The van der Waals surface area contributed by atoms with Crippen LogP contribution in [-0.4, -0.2) is 54.6 Å². The third-order valence-electron chi connectivity index (χ3n) is 4.74. The van der Waals surface area contributed by atoms with E-state index in [4.69, 9.17) is 5.73 Å². The van der Waals surface area contributed by atoms with Crippen LogP contribution in [0.25, 0.3) is 0 Å². The third-order valence-corrected chi connectivity index (χ3v) is 4.74. The molecule has 1 aromatic carbocycles. The second kappa shape index (κ2) is 6.70. The molecule has 2 unspecified atom stereocenters. The molecule has 2 fully saturated rings. The Hall–Kier alpha value is -0.900. The average Bonchev–Trinajstić information content (AvgIpc) is 3.10. The van der Waals surface area contributed by atoms with E-state index in [0.717, 1.165) is 19.0 Å². The van der Waals surface area contributed by atoms with Crippen molar-refractivity contribution in [2.24, 2.45) is 5.73 Å². The van der Waals surface area contributed by atoms with Crippen LogP contribution in [0.3, 0.4) is 0 Å². The van der Waals surface area contributed by atoms with E-state index in [9.17, 15) is 0 Å². The van der Waals surface area contributed by atoms with Crippen LogP contribution in [0.4, 0.5) is 0 Å². The number of nitrogens with zero attached hydrogens (tertiary/aromatic N) is 2. The lowest BCUT2D eigenvalue weighted by molar-refractivity contribution is 0.228. The molecule has 2 aliphatic heterocycles. The largest absolute Gasteiger partial charge is 0.326 e. The van der Waals surface area contributed by atoms with E-state index in [-0.39, 0.29) is 6.04 Å². The van der Waals surface area contributed by atoms with Crippen molar-refractivity contribution in [3.8, 4) is 0 Å². The molecule has 1 aromatic rings. The molecule has 0 spiro atoms. The molecule has 0 saturated carbocycles. The van der Waals surface area contributed by atoms with Gasteiger partial charge in [0.2, 0.25) is 0 Å². The topological polar surface area (TPSA) is 32.5 Å². The summed E-state index contributed by atoms with van der Waals surface area (Å²) in [6.45, 7) is 6.12. The summed E-state index contributed by atoms with van der Waals surface area (Å²) >= 11 is 0. The van der Waals surface area contributed by atoms with Crippen LogP contribution in [0.15, 0.2) is 30.3 Å². The third kappa shape index (κ3) is 3.60. The minimum Gasteiger partial charge on any atom is -0.326 e. The van der Waals surface area contributed by atoms with Crippen LogP contribution in [0.2, 0.25) is 0 Å². The first-order chi connectivity index (χ1) is 9.81. The second-order valence-electron chi connectivity index (χ2n) is 6.39. The smallest absolute Gasteiger partial charge is 0.0235 e. The highest BCUT2D eigenvalue weighted by atomic mass is 15.3. The molecule has 0 aromatic heterocycles. The van der Waals surface area contributed by atoms with Crippen molar-refractivity contribution < 1.29 is 0 Å². The van der Waals surface area contributed by atoms with E-state index >= 15 is 0 Å². The van der Waals surface area contributed by atoms with Gasteiger partial charge in [-0.15, -0.1) is 0 Å². The quantitative estimate of drug-likeness (QED) is 0.887. The molecule has 2 aliphatic rings. The Labute approximate surface area is 122 Å². The molecule has 3 heteroatoms. The number of benzene rings is 1. The summed E-state index contributed by atoms with van der Waals surface area (Å²) in [5, 5.41) is 0. The van der Waals surface area contributed by atoms with Gasteiger partial charge in [0.15, 0.2) is 0 Å². The van der Waals surface area contributed by atoms with Crippen molar-refractivity contribution in [2.45, 2.75) is 37.8 Å². The molecular formula is C17H27N3. The highest BCUT2D eigenvalue weighted by Crippen LogP contribution is 2.20. The summed E-state index contributed by atoms with van der Waals surface area (Å²) in [4.78, 5) is 5.25. The summed E-state index contributed by atoms with van der Waals surface area (Å²) in [5.41, 5.74) is 7.69. The molecule has 0 radical (unpaired) electrons. The van der Waals surface area contributed by atoms with E-state index in [1.165, 1.54) is 51.0 Å². The Bertz CT molecular complexity index is 400. The summed E-state index contributed by atoms with van der Waals surface area (Å²) in [7, 11) is 0. The van der Waals surface area contributed by atoms with E-state index in [2.05, 4.69) is 40.1 Å². The normalized spacial score (nSPS) is 26.1. The maximum atomic E-state index is 6.33. The summed E-state index contributed by atoms with van der Waals surface area (Å²) in [6, 6.07) is 11.7. The van der Waals surface area contributed by atoms with Crippen molar-refractivity contribution in [1.82, 2.24) is 9.80 Å². The molecule has 2 heterocycles. The van der Waals surface area contributed by atoms with Crippen LogP contribution in [0.5, 0.6) is 0 Å². The highest BCUT2D eigenvalue weighted by molar-refractivity contribution is 5.15. The average molecular weight is 273 g/mol. The van der Waals surface area contributed by atoms with E-state index in [0.29, 0.717) is 0 Å². The van der Waals surface area contributed by atoms with Crippen LogP contribution in [0.1, 0.15) is 24.8 Å². The van der Waals surface area contributed by atoms with Crippen molar-refractivity contribution in [1.29, 1.82) is 0 Å². The lowest BCUT2D eigenvalue weighted by atomic mass is 10.1. The summed E-state index contributed by atoms with van der Waals surface area (Å²) in [6.07, 6.45) is 5.11. The van der Waals surface area contributed by atoms with Crippen LogP contribution in [0, 0.1) is 0 Å². The molecular weight excluding hydrogens is 246 g/mol. The maximum Gasteiger partial charge on any atom is 0.0235 e. The molecule has 0 amide bonds. The van der Waals surface area contributed by atoms with Gasteiger partial charge in [0.25, 0.3) is 0 Å². The Morgan fingerprint density at radius 1 is 1.10 bits per heavy atom. The second-order valence-corrected chi connectivity index (χ2v) is 6.39. The maximum absolute atomic E-state index is 6.33. The Balaban J connectivity index is 1.44. The number of hydrogen-bond donors (Lipinski definition) is 1. The molecule has 3 nitrogen and oxygen atoms in total. The predicted octanol–water partition coefficient (Wildman–Crippen LogP) is 1.73. The first-order valence-electron chi connectivity index (χ1n) is 8.07. The van der Waals surface area contributed by atoms with Gasteiger partial charge in [0.1, 0.15) is 0 Å². The fraction of sp³-hybridized carbons (Fsp3) is 0.647. The zero-order valence-corrected chi connectivity index (χ0v) is 12.4. The van der Waals surface area contributed by atoms with E-state index in [1.807, 2.05) is 0 Å². The number of rotatable bonds is 5. The lowest BCUT2D eigenvalue weighted by Crippen LogP contribution is -2.40. The molecule has 0 bridgehead atoms. The zero-order valence-electron chi connectivity index (χ0n) is 12.4. The standard InChI is InChI=1S/C17H27N3/c18-16(12-15-6-2-1-3-7-15)13-19-11-8-17(14-19)20-9-4-5-10-20/h1-3,6-7,16-17H,4-5,8-14,18H2. The van der Waals surface area contributed by atoms with Crippen LogP contribution < -0.4 is 5.73 Å². The SMILES string of the molecule is NC(Cc1ccccc1)CN1CCC(N2CCCC2)C1. The minimum absolute atomic E-state index is 0.259.